The SMILES string of the molecule is CCCCC(=O)N1CCC(c2nn(C)c(=O)n2C2CC2)CC1. The van der Waals surface area contributed by atoms with Gasteiger partial charge in [0.2, 0.25) is 5.91 Å². The molecule has 1 aromatic rings. The summed E-state index contributed by atoms with van der Waals surface area (Å²) in [6.07, 6.45) is 6.71. The summed E-state index contributed by atoms with van der Waals surface area (Å²) in [5.74, 6) is 1.53. The van der Waals surface area contributed by atoms with E-state index in [0.29, 0.717) is 18.4 Å². The lowest BCUT2D eigenvalue weighted by Crippen LogP contribution is -2.38. The summed E-state index contributed by atoms with van der Waals surface area (Å²) in [5.41, 5.74) is 0.0129. The van der Waals surface area contributed by atoms with Crippen LogP contribution < -0.4 is 5.69 Å². The molecule has 0 aromatic carbocycles. The molecule has 6 heteroatoms. The minimum atomic E-state index is 0.0129. The van der Waals surface area contributed by atoms with Gasteiger partial charge in [0.15, 0.2) is 0 Å². The van der Waals surface area contributed by atoms with Crippen molar-refractivity contribution in [2.24, 2.45) is 7.05 Å². The van der Waals surface area contributed by atoms with Gasteiger partial charge in [-0.25, -0.2) is 9.48 Å². The van der Waals surface area contributed by atoms with Gasteiger partial charge in [-0.05, 0) is 32.1 Å². The normalized spacial score (nSPS) is 19.6. The Morgan fingerprint density at radius 2 is 1.91 bits per heavy atom. The van der Waals surface area contributed by atoms with Crippen molar-refractivity contribution in [1.29, 1.82) is 0 Å². The largest absolute Gasteiger partial charge is 0.345 e. The van der Waals surface area contributed by atoms with Crippen LogP contribution in [0.1, 0.15) is 69.7 Å². The molecule has 22 heavy (non-hydrogen) atoms. The quantitative estimate of drug-likeness (QED) is 0.833. The van der Waals surface area contributed by atoms with Crippen molar-refractivity contribution in [2.45, 2.75) is 63.8 Å². The van der Waals surface area contributed by atoms with E-state index < -0.39 is 0 Å². The fraction of sp³-hybridized carbons (Fsp3) is 0.812. The monoisotopic (exact) mass is 306 g/mol. The molecule has 1 amide bonds. The number of rotatable bonds is 5. The highest BCUT2D eigenvalue weighted by molar-refractivity contribution is 5.76. The van der Waals surface area contributed by atoms with E-state index in [2.05, 4.69) is 12.0 Å². The van der Waals surface area contributed by atoms with Crippen LogP contribution in [-0.2, 0) is 11.8 Å². The van der Waals surface area contributed by atoms with Gasteiger partial charge in [0.25, 0.3) is 0 Å². The molecule has 1 saturated heterocycles. The Kier molecular flexibility index (Phi) is 4.36. The summed E-state index contributed by atoms with van der Waals surface area (Å²) < 4.78 is 3.37. The van der Waals surface area contributed by atoms with Crippen LogP contribution in [-0.4, -0.2) is 38.2 Å². The van der Waals surface area contributed by atoms with Gasteiger partial charge in [-0.2, -0.15) is 5.10 Å². The molecule has 2 aliphatic rings. The lowest BCUT2D eigenvalue weighted by atomic mass is 9.95. The Balaban J connectivity index is 1.66. The number of carbonyl (C=O) groups excluding carboxylic acids is 1. The smallest absolute Gasteiger partial charge is 0.343 e. The number of piperidine rings is 1. The lowest BCUT2D eigenvalue weighted by molar-refractivity contribution is -0.132. The van der Waals surface area contributed by atoms with Crippen molar-refractivity contribution in [1.82, 2.24) is 19.2 Å². The van der Waals surface area contributed by atoms with Gasteiger partial charge in [0.05, 0.1) is 0 Å². The summed E-state index contributed by atoms with van der Waals surface area (Å²) >= 11 is 0. The van der Waals surface area contributed by atoms with Crippen LogP contribution in [0.2, 0.25) is 0 Å². The minimum Gasteiger partial charge on any atom is -0.343 e. The molecule has 0 bridgehead atoms. The first-order valence-corrected chi connectivity index (χ1v) is 8.55. The standard InChI is InChI=1S/C16H26N4O2/c1-3-4-5-14(21)19-10-8-12(9-11-19)15-17-18(2)16(22)20(15)13-6-7-13/h12-13H,3-11H2,1-2H3. The van der Waals surface area contributed by atoms with E-state index in [1.165, 1.54) is 4.68 Å². The fourth-order valence-electron chi connectivity index (χ4n) is 3.33. The molecule has 1 aliphatic heterocycles. The zero-order valence-corrected chi connectivity index (χ0v) is 13.6. The number of hydrogen-bond donors (Lipinski definition) is 0. The third-order valence-electron chi connectivity index (χ3n) is 4.85. The van der Waals surface area contributed by atoms with Crippen LogP contribution in [0.5, 0.6) is 0 Å². The molecule has 0 N–H and O–H groups in total. The first-order valence-electron chi connectivity index (χ1n) is 8.55. The highest BCUT2D eigenvalue weighted by Gasteiger charge is 2.34. The van der Waals surface area contributed by atoms with Crippen LogP contribution in [0.25, 0.3) is 0 Å². The second-order valence-corrected chi connectivity index (χ2v) is 6.62. The number of nitrogens with zero attached hydrogens (tertiary/aromatic N) is 4. The van der Waals surface area contributed by atoms with Gasteiger partial charge in [-0.1, -0.05) is 13.3 Å². The minimum absolute atomic E-state index is 0.0129. The van der Waals surface area contributed by atoms with Crippen LogP contribution in [0.15, 0.2) is 4.79 Å². The summed E-state index contributed by atoms with van der Waals surface area (Å²) in [4.78, 5) is 26.3. The van der Waals surface area contributed by atoms with E-state index in [9.17, 15) is 9.59 Å². The Morgan fingerprint density at radius 3 is 2.50 bits per heavy atom. The number of unbranched alkanes of at least 4 members (excludes halogenated alkanes) is 1. The Bertz CT molecular complexity index is 592. The zero-order chi connectivity index (χ0) is 15.7. The van der Waals surface area contributed by atoms with Gasteiger partial charge in [0, 0.05) is 38.5 Å². The Hall–Kier alpha value is -1.59. The molecule has 0 unspecified atom stereocenters. The molecule has 1 saturated carbocycles. The van der Waals surface area contributed by atoms with Crippen LogP contribution in [0, 0.1) is 0 Å². The van der Waals surface area contributed by atoms with Gasteiger partial charge >= 0.3 is 5.69 Å². The third-order valence-corrected chi connectivity index (χ3v) is 4.85. The molecular weight excluding hydrogens is 280 g/mol. The highest BCUT2D eigenvalue weighted by atomic mass is 16.2. The van der Waals surface area contributed by atoms with Crippen molar-refractivity contribution in [3.63, 3.8) is 0 Å². The van der Waals surface area contributed by atoms with Crippen molar-refractivity contribution < 1.29 is 4.79 Å². The fourth-order valence-corrected chi connectivity index (χ4v) is 3.33. The summed E-state index contributed by atoms with van der Waals surface area (Å²) in [6, 6.07) is 0.361. The van der Waals surface area contributed by atoms with E-state index in [4.69, 9.17) is 0 Å². The molecule has 6 nitrogen and oxygen atoms in total. The number of aryl methyl sites for hydroxylation is 1. The van der Waals surface area contributed by atoms with E-state index >= 15 is 0 Å². The predicted octanol–water partition coefficient (Wildman–Crippen LogP) is 1.81. The first kappa shape index (κ1) is 15.3. The number of amides is 1. The van der Waals surface area contributed by atoms with Gasteiger partial charge in [0.1, 0.15) is 5.82 Å². The van der Waals surface area contributed by atoms with Gasteiger partial charge in [-0.3, -0.25) is 9.36 Å². The molecule has 2 fully saturated rings. The average molecular weight is 306 g/mol. The van der Waals surface area contributed by atoms with Crippen molar-refractivity contribution >= 4 is 5.91 Å². The van der Waals surface area contributed by atoms with Crippen molar-refractivity contribution in [3.05, 3.63) is 16.3 Å². The maximum Gasteiger partial charge on any atom is 0.345 e. The maximum atomic E-state index is 12.2. The average Bonchev–Trinajstić information content (AvgIpc) is 3.32. The Morgan fingerprint density at radius 1 is 1.23 bits per heavy atom. The molecule has 1 aromatic heterocycles. The molecule has 0 spiro atoms. The van der Waals surface area contributed by atoms with Crippen LogP contribution in [0.4, 0.5) is 0 Å². The van der Waals surface area contributed by atoms with E-state index in [1.807, 2.05) is 9.47 Å². The predicted molar refractivity (Wildman–Crippen MR) is 83.8 cm³/mol. The molecule has 3 rings (SSSR count). The molecular formula is C16H26N4O2. The topological polar surface area (TPSA) is 60.1 Å². The number of aromatic nitrogens is 3. The Labute approximate surface area is 131 Å². The summed E-state index contributed by atoms with van der Waals surface area (Å²) in [5, 5.41) is 4.48. The second kappa shape index (κ2) is 6.26. The van der Waals surface area contributed by atoms with Crippen molar-refractivity contribution in [3.8, 4) is 0 Å². The second-order valence-electron chi connectivity index (χ2n) is 6.62. The molecule has 1 aliphatic carbocycles. The number of carbonyl (C=O) groups is 1. The third kappa shape index (κ3) is 2.96. The molecule has 0 atom stereocenters. The van der Waals surface area contributed by atoms with E-state index in [-0.39, 0.29) is 11.6 Å². The summed E-state index contributed by atoms with van der Waals surface area (Å²) in [7, 11) is 1.73. The molecule has 0 radical (unpaired) electrons. The van der Waals surface area contributed by atoms with Crippen molar-refractivity contribution in [2.75, 3.05) is 13.1 Å². The summed E-state index contributed by atoms with van der Waals surface area (Å²) in [6.45, 7) is 3.70. The van der Waals surface area contributed by atoms with E-state index in [1.54, 1.807) is 7.05 Å². The van der Waals surface area contributed by atoms with Crippen LogP contribution >= 0.6 is 0 Å². The molecule has 2 heterocycles. The first-order chi connectivity index (χ1) is 10.6. The van der Waals surface area contributed by atoms with Gasteiger partial charge in [-0.15, -0.1) is 0 Å². The molecule has 122 valence electrons. The zero-order valence-electron chi connectivity index (χ0n) is 13.6. The van der Waals surface area contributed by atoms with Crippen LogP contribution in [0.3, 0.4) is 0 Å². The highest BCUT2D eigenvalue weighted by Crippen LogP contribution is 2.37. The lowest BCUT2D eigenvalue weighted by Gasteiger charge is -2.31. The maximum absolute atomic E-state index is 12.2. The number of likely N-dealkylation sites (tertiary alicyclic amines) is 1. The van der Waals surface area contributed by atoms with E-state index in [0.717, 1.165) is 57.4 Å². The number of hydrogen-bond acceptors (Lipinski definition) is 3. The van der Waals surface area contributed by atoms with Gasteiger partial charge < -0.3 is 4.90 Å².